The number of benzene rings is 1. The van der Waals surface area contributed by atoms with Gasteiger partial charge in [-0.1, -0.05) is 43.5 Å². The number of fused-ring (bicyclic) bond motifs is 1. The lowest BCUT2D eigenvalue weighted by molar-refractivity contribution is -0.139. The van der Waals surface area contributed by atoms with E-state index in [2.05, 4.69) is 38.8 Å². The summed E-state index contributed by atoms with van der Waals surface area (Å²) in [5, 5.41) is 8.32. The Hall–Kier alpha value is -3.32. The van der Waals surface area contributed by atoms with Gasteiger partial charge in [-0.05, 0) is 68.7 Å². The maximum Gasteiger partial charge on any atom is 0.245 e. The summed E-state index contributed by atoms with van der Waals surface area (Å²) in [4.78, 5) is 38.0. The number of nitrogens with zero attached hydrogens (tertiary/aromatic N) is 3. The van der Waals surface area contributed by atoms with Gasteiger partial charge in [0, 0.05) is 36.1 Å². The molecule has 0 unspecified atom stereocenters. The van der Waals surface area contributed by atoms with Crippen molar-refractivity contribution >= 4 is 22.6 Å². The molecule has 0 radical (unpaired) electrons. The number of nitrogens with one attached hydrogen (secondary N) is 2. The number of amides is 2. The van der Waals surface area contributed by atoms with Gasteiger partial charge in [0.05, 0.1) is 17.8 Å². The zero-order chi connectivity index (χ0) is 25.8. The third-order valence-corrected chi connectivity index (χ3v) is 8.16. The largest absolute Gasteiger partial charge is 0.343 e. The average Bonchev–Trinajstić information content (AvgIpc) is 3.45. The monoisotopic (exact) mass is 499 g/mol. The molecule has 37 heavy (non-hydrogen) atoms. The summed E-state index contributed by atoms with van der Waals surface area (Å²) in [5.41, 5.74) is 2.94. The molecule has 7 heteroatoms. The van der Waals surface area contributed by atoms with E-state index in [-0.39, 0.29) is 29.8 Å². The van der Waals surface area contributed by atoms with Crippen LogP contribution in [0.15, 0.2) is 55.0 Å². The summed E-state index contributed by atoms with van der Waals surface area (Å²) in [5.74, 6) is 0.123. The van der Waals surface area contributed by atoms with Crippen LogP contribution in [0.3, 0.4) is 0 Å². The van der Waals surface area contributed by atoms with E-state index in [9.17, 15) is 9.59 Å². The van der Waals surface area contributed by atoms with Crippen molar-refractivity contribution < 1.29 is 9.59 Å². The van der Waals surface area contributed by atoms with Gasteiger partial charge in [-0.15, -0.1) is 0 Å². The van der Waals surface area contributed by atoms with Crippen molar-refractivity contribution in [1.29, 1.82) is 0 Å². The Morgan fingerprint density at radius 3 is 2.65 bits per heavy atom. The van der Waals surface area contributed by atoms with E-state index in [1.807, 2.05) is 48.6 Å². The molecule has 1 aliphatic carbocycles. The molecule has 3 aromatic rings. The highest BCUT2D eigenvalue weighted by atomic mass is 16.2. The molecule has 1 saturated heterocycles. The smallest absolute Gasteiger partial charge is 0.245 e. The minimum atomic E-state index is -0.479. The van der Waals surface area contributed by atoms with Crippen LogP contribution < -0.4 is 10.6 Å². The summed E-state index contributed by atoms with van der Waals surface area (Å²) in [6.07, 6.45) is 12.8. The number of carbonyl (C=O) groups is 2. The molecule has 7 nitrogen and oxygen atoms in total. The average molecular weight is 500 g/mol. The van der Waals surface area contributed by atoms with E-state index in [0.29, 0.717) is 6.54 Å². The van der Waals surface area contributed by atoms with E-state index in [4.69, 9.17) is 0 Å². The summed E-state index contributed by atoms with van der Waals surface area (Å²) in [7, 11) is 1.77. The maximum absolute atomic E-state index is 14.1. The van der Waals surface area contributed by atoms with Crippen molar-refractivity contribution in [3.8, 4) is 11.3 Å². The molecule has 194 valence electrons. The van der Waals surface area contributed by atoms with Gasteiger partial charge >= 0.3 is 0 Å². The van der Waals surface area contributed by atoms with E-state index in [0.717, 1.165) is 66.1 Å². The van der Waals surface area contributed by atoms with Crippen LogP contribution in [0.4, 0.5) is 0 Å². The first kappa shape index (κ1) is 25.3. The number of rotatable bonds is 7. The molecule has 0 bridgehead atoms. The molecule has 3 heterocycles. The summed E-state index contributed by atoms with van der Waals surface area (Å²) in [6.45, 7) is 2.54. The fourth-order valence-corrected chi connectivity index (χ4v) is 5.94. The normalized spacial score (nSPS) is 20.1. The molecule has 0 spiro atoms. The van der Waals surface area contributed by atoms with E-state index >= 15 is 0 Å². The van der Waals surface area contributed by atoms with Crippen LogP contribution in [0, 0.1) is 5.92 Å². The molecule has 1 aromatic carbocycles. The Kier molecular flexibility index (Phi) is 7.79. The van der Waals surface area contributed by atoms with Crippen LogP contribution in [-0.2, 0) is 9.59 Å². The van der Waals surface area contributed by atoms with Gasteiger partial charge in [-0.3, -0.25) is 19.6 Å². The Morgan fingerprint density at radius 1 is 1.03 bits per heavy atom. The zero-order valence-corrected chi connectivity index (χ0v) is 21.8. The molecule has 2 aromatic heterocycles. The first-order chi connectivity index (χ1) is 18.1. The highest BCUT2D eigenvalue weighted by Crippen LogP contribution is 2.36. The lowest BCUT2D eigenvalue weighted by Crippen LogP contribution is -2.55. The molecule has 2 amide bonds. The zero-order valence-electron chi connectivity index (χ0n) is 21.8. The number of carbonyl (C=O) groups excluding carboxylic acids is 2. The Labute approximate surface area is 219 Å². The van der Waals surface area contributed by atoms with Crippen molar-refractivity contribution in [2.75, 3.05) is 13.6 Å². The van der Waals surface area contributed by atoms with Crippen LogP contribution in [0.5, 0.6) is 0 Å². The number of hydrogen-bond donors (Lipinski definition) is 2. The Morgan fingerprint density at radius 2 is 1.84 bits per heavy atom. The minimum absolute atomic E-state index is 0.0260. The molecule has 5 rings (SSSR count). The Balaban J connectivity index is 1.43. The van der Waals surface area contributed by atoms with Crippen LogP contribution in [0.2, 0.25) is 0 Å². The van der Waals surface area contributed by atoms with Crippen molar-refractivity contribution in [1.82, 2.24) is 25.5 Å². The second kappa shape index (κ2) is 11.4. The summed E-state index contributed by atoms with van der Waals surface area (Å²) >= 11 is 0. The van der Waals surface area contributed by atoms with Crippen molar-refractivity contribution in [3.05, 3.63) is 60.6 Å². The van der Waals surface area contributed by atoms with E-state index < -0.39 is 6.04 Å². The van der Waals surface area contributed by atoms with Gasteiger partial charge in [-0.25, -0.2) is 0 Å². The maximum atomic E-state index is 14.1. The number of aromatic nitrogens is 2. The highest BCUT2D eigenvalue weighted by Gasteiger charge is 2.39. The second-order valence-corrected chi connectivity index (χ2v) is 10.5. The molecule has 2 N–H and O–H groups in total. The van der Waals surface area contributed by atoms with Gasteiger partial charge in [0.15, 0.2) is 0 Å². The van der Waals surface area contributed by atoms with E-state index in [1.165, 1.54) is 6.42 Å². The molecule has 1 saturated carbocycles. The highest BCUT2D eigenvalue weighted by molar-refractivity contribution is 5.95. The molecular weight excluding hydrogens is 462 g/mol. The van der Waals surface area contributed by atoms with Gasteiger partial charge in [0.2, 0.25) is 11.8 Å². The fourth-order valence-electron chi connectivity index (χ4n) is 5.94. The minimum Gasteiger partial charge on any atom is -0.343 e. The van der Waals surface area contributed by atoms with Crippen LogP contribution in [0.1, 0.15) is 63.5 Å². The van der Waals surface area contributed by atoms with Gasteiger partial charge < -0.3 is 15.5 Å². The second-order valence-electron chi connectivity index (χ2n) is 10.5. The van der Waals surface area contributed by atoms with Crippen LogP contribution in [-0.4, -0.2) is 52.4 Å². The SMILES string of the molecule is CN[C@@H](C)C(=O)N[C@H](C(=O)N1CCC[C@H]1c1ccnc(-c2cncc3ccccc23)c1)C1CCCCC1. The van der Waals surface area contributed by atoms with Crippen LogP contribution >= 0.6 is 0 Å². The lowest BCUT2D eigenvalue weighted by atomic mass is 9.83. The first-order valence-corrected chi connectivity index (χ1v) is 13.6. The molecular formula is C30H37N5O2. The third-order valence-electron chi connectivity index (χ3n) is 8.16. The standard InChI is InChI=1S/C30H37N5O2/c1-20(31-2)29(36)34-28(21-9-4-3-5-10-21)30(37)35-16-8-13-27(35)22-14-15-33-26(17-22)25-19-32-18-23-11-6-7-12-24(23)25/h6-7,11-12,14-15,17-21,27-28,31H,3-5,8-10,13,16H2,1-2H3,(H,34,36)/t20-,27-,28-/m0/s1. The van der Waals surface area contributed by atoms with Crippen molar-refractivity contribution in [2.45, 2.75) is 70.0 Å². The number of hydrogen-bond acceptors (Lipinski definition) is 5. The summed E-state index contributed by atoms with van der Waals surface area (Å²) in [6, 6.07) is 11.5. The third kappa shape index (κ3) is 5.37. The quantitative estimate of drug-likeness (QED) is 0.495. The lowest BCUT2D eigenvalue weighted by Gasteiger charge is -2.35. The fraction of sp³-hybridized carbons (Fsp3) is 0.467. The van der Waals surface area contributed by atoms with Gasteiger partial charge in [-0.2, -0.15) is 0 Å². The molecule has 3 atom stereocenters. The molecule has 2 aliphatic rings. The van der Waals surface area contributed by atoms with Gasteiger partial charge in [0.1, 0.15) is 6.04 Å². The van der Waals surface area contributed by atoms with E-state index in [1.54, 1.807) is 7.05 Å². The first-order valence-electron chi connectivity index (χ1n) is 13.6. The predicted molar refractivity (Wildman–Crippen MR) is 146 cm³/mol. The Bertz CT molecular complexity index is 1250. The topological polar surface area (TPSA) is 87.2 Å². The van der Waals surface area contributed by atoms with Crippen molar-refractivity contribution in [3.63, 3.8) is 0 Å². The molecule has 1 aliphatic heterocycles. The van der Waals surface area contributed by atoms with Crippen LogP contribution in [0.25, 0.3) is 22.0 Å². The summed E-state index contributed by atoms with van der Waals surface area (Å²) < 4.78 is 0. The van der Waals surface area contributed by atoms with Gasteiger partial charge in [0.25, 0.3) is 0 Å². The number of likely N-dealkylation sites (N-methyl/N-ethyl adjacent to an activating group) is 1. The predicted octanol–water partition coefficient (Wildman–Crippen LogP) is 4.63. The van der Waals surface area contributed by atoms with Crippen molar-refractivity contribution in [2.24, 2.45) is 5.92 Å². The number of likely N-dealkylation sites (tertiary alicyclic amines) is 1. The number of pyridine rings is 2. The molecule has 2 fully saturated rings.